The molecule has 1 N–H and O–H groups in total. The van der Waals surface area contributed by atoms with Gasteiger partial charge >= 0.3 is 0 Å². The van der Waals surface area contributed by atoms with Crippen molar-refractivity contribution in [2.75, 3.05) is 19.6 Å². The van der Waals surface area contributed by atoms with Gasteiger partial charge in [0.05, 0.1) is 9.95 Å². The monoisotopic (exact) mass is 327 g/mol. The van der Waals surface area contributed by atoms with Crippen LogP contribution in [0.15, 0.2) is 18.2 Å². The standard InChI is InChI=1S/C16H26ClN3O2/c1-4-19(5-2)10-6-7-13(3)18-12-14-8-9-15(20(21)22)11-16(14)17/h8-9,11,13,18H,4-7,10,12H2,1-3H3. The first-order valence-electron chi connectivity index (χ1n) is 7.86. The Hall–Kier alpha value is -1.17. The average molecular weight is 328 g/mol. The molecule has 1 atom stereocenters. The molecule has 0 heterocycles. The van der Waals surface area contributed by atoms with Gasteiger partial charge in [0.15, 0.2) is 0 Å². The van der Waals surface area contributed by atoms with Gasteiger partial charge in [-0.25, -0.2) is 0 Å². The Balaban J connectivity index is 2.38. The second-order valence-electron chi connectivity index (χ2n) is 5.48. The van der Waals surface area contributed by atoms with E-state index >= 15 is 0 Å². The lowest BCUT2D eigenvalue weighted by Gasteiger charge is -2.20. The minimum Gasteiger partial charge on any atom is -0.310 e. The van der Waals surface area contributed by atoms with Crippen molar-refractivity contribution in [1.82, 2.24) is 10.2 Å². The maximum Gasteiger partial charge on any atom is 0.270 e. The number of benzene rings is 1. The van der Waals surface area contributed by atoms with Gasteiger partial charge in [0, 0.05) is 24.7 Å². The molecule has 0 radical (unpaired) electrons. The fourth-order valence-electron chi connectivity index (χ4n) is 2.34. The first kappa shape index (κ1) is 18.9. The van der Waals surface area contributed by atoms with Crippen LogP contribution in [0.25, 0.3) is 0 Å². The third-order valence-electron chi connectivity index (χ3n) is 3.89. The van der Waals surface area contributed by atoms with Gasteiger partial charge in [-0.2, -0.15) is 0 Å². The molecule has 6 heteroatoms. The fraction of sp³-hybridized carbons (Fsp3) is 0.625. The number of hydrogen-bond acceptors (Lipinski definition) is 4. The highest BCUT2D eigenvalue weighted by Gasteiger charge is 2.10. The van der Waals surface area contributed by atoms with Gasteiger partial charge in [-0.15, -0.1) is 0 Å². The highest BCUT2D eigenvalue weighted by atomic mass is 35.5. The third kappa shape index (κ3) is 6.30. The van der Waals surface area contributed by atoms with Gasteiger partial charge in [0.2, 0.25) is 0 Å². The number of non-ortho nitro benzene ring substituents is 1. The molecule has 0 aromatic heterocycles. The Morgan fingerprint density at radius 3 is 2.59 bits per heavy atom. The largest absolute Gasteiger partial charge is 0.310 e. The minimum atomic E-state index is -0.432. The van der Waals surface area contributed by atoms with Crippen molar-refractivity contribution < 1.29 is 4.92 Å². The number of nitro benzene ring substituents is 1. The number of nitro groups is 1. The summed E-state index contributed by atoms with van der Waals surface area (Å²) in [6.45, 7) is 10.5. The van der Waals surface area contributed by atoms with Gasteiger partial charge in [-0.3, -0.25) is 10.1 Å². The van der Waals surface area contributed by atoms with Gasteiger partial charge in [0.25, 0.3) is 5.69 Å². The predicted octanol–water partition coefficient (Wildman–Crippen LogP) is 3.85. The number of nitrogens with one attached hydrogen (secondary N) is 1. The zero-order chi connectivity index (χ0) is 16.5. The molecule has 1 rings (SSSR count). The second kappa shape index (κ2) is 9.77. The summed E-state index contributed by atoms with van der Waals surface area (Å²) in [5.74, 6) is 0. The van der Waals surface area contributed by atoms with Gasteiger partial charge in [-0.1, -0.05) is 25.4 Å². The van der Waals surface area contributed by atoms with Crippen LogP contribution in [0.5, 0.6) is 0 Å². The van der Waals surface area contributed by atoms with E-state index in [0.29, 0.717) is 17.6 Å². The smallest absolute Gasteiger partial charge is 0.270 e. The van der Waals surface area contributed by atoms with E-state index < -0.39 is 4.92 Å². The van der Waals surface area contributed by atoms with Crippen molar-refractivity contribution in [3.63, 3.8) is 0 Å². The fourth-order valence-corrected chi connectivity index (χ4v) is 2.58. The molecular formula is C16H26ClN3O2. The minimum absolute atomic E-state index is 0.0287. The highest BCUT2D eigenvalue weighted by Crippen LogP contribution is 2.22. The molecule has 1 unspecified atom stereocenters. The van der Waals surface area contributed by atoms with Gasteiger partial charge in [-0.05, 0) is 51.0 Å². The van der Waals surface area contributed by atoms with Crippen molar-refractivity contribution in [3.05, 3.63) is 38.9 Å². The maximum atomic E-state index is 10.7. The number of halogens is 1. The van der Waals surface area contributed by atoms with Crippen molar-refractivity contribution in [3.8, 4) is 0 Å². The molecular weight excluding hydrogens is 302 g/mol. The van der Waals surface area contributed by atoms with Crippen molar-refractivity contribution in [2.45, 2.75) is 46.2 Å². The average Bonchev–Trinajstić information content (AvgIpc) is 2.50. The molecule has 0 spiro atoms. The molecule has 0 aliphatic heterocycles. The predicted molar refractivity (Wildman–Crippen MR) is 91.4 cm³/mol. The van der Waals surface area contributed by atoms with Crippen LogP contribution >= 0.6 is 11.6 Å². The van der Waals surface area contributed by atoms with E-state index in [0.717, 1.165) is 38.0 Å². The van der Waals surface area contributed by atoms with Crippen molar-refractivity contribution >= 4 is 17.3 Å². The van der Waals surface area contributed by atoms with E-state index in [9.17, 15) is 10.1 Å². The van der Waals surface area contributed by atoms with Gasteiger partial charge in [0.1, 0.15) is 0 Å². The molecule has 124 valence electrons. The van der Waals surface area contributed by atoms with Crippen LogP contribution in [0, 0.1) is 10.1 Å². The summed E-state index contributed by atoms with van der Waals surface area (Å²) >= 11 is 6.09. The lowest BCUT2D eigenvalue weighted by atomic mass is 10.1. The van der Waals surface area contributed by atoms with E-state index in [-0.39, 0.29) is 5.69 Å². The maximum absolute atomic E-state index is 10.7. The number of hydrogen-bond donors (Lipinski definition) is 1. The summed E-state index contributed by atoms with van der Waals surface area (Å²) in [5.41, 5.74) is 0.920. The Kier molecular flexibility index (Phi) is 8.38. The molecule has 0 aliphatic rings. The Morgan fingerprint density at radius 2 is 2.05 bits per heavy atom. The first-order chi connectivity index (χ1) is 10.5. The molecule has 1 aromatic rings. The molecule has 0 amide bonds. The topological polar surface area (TPSA) is 58.4 Å². The molecule has 5 nitrogen and oxygen atoms in total. The van der Waals surface area contributed by atoms with Crippen LogP contribution in [-0.2, 0) is 6.54 Å². The molecule has 0 bridgehead atoms. The van der Waals surface area contributed by atoms with Gasteiger partial charge < -0.3 is 10.2 Å². The molecule has 0 saturated carbocycles. The zero-order valence-corrected chi connectivity index (χ0v) is 14.4. The van der Waals surface area contributed by atoms with Crippen LogP contribution < -0.4 is 5.32 Å². The molecule has 0 aliphatic carbocycles. The van der Waals surface area contributed by atoms with Crippen molar-refractivity contribution in [2.24, 2.45) is 0 Å². The SMILES string of the molecule is CCN(CC)CCCC(C)NCc1ccc([N+](=O)[O-])cc1Cl. The molecule has 0 fully saturated rings. The summed E-state index contributed by atoms with van der Waals surface area (Å²) in [7, 11) is 0. The summed E-state index contributed by atoms with van der Waals surface area (Å²) in [6.07, 6.45) is 2.25. The molecule has 0 saturated heterocycles. The van der Waals surface area contributed by atoms with E-state index in [1.165, 1.54) is 12.1 Å². The van der Waals surface area contributed by atoms with Crippen LogP contribution in [0.3, 0.4) is 0 Å². The van der Waals surface area contributed by atoms with Crippen LogP contribution in [0.2, 0.25) is 5.02 Å². The summed E-state index contributed by atoms with van der Waals surface area (Å²) in [6, 6.07) is 5.01. The molecule has 1 aromatic carbocycles. The van der Waals surface area contributed by atoms with E-state index in [4.69, 9.17) is 11.6 Å². The van der Waals surface area contributed by atoms with E-state index in [1.807, 2.05) is 0 Å². The Bertz CT molecular complexity index is 478. The number of nitrogens with zero attached hydrogens (tertiary/aromatic N) is 2. The first-order valence-corrected chi connectivity index (χ1v) is 8.24. The number of rotatable bonds is 10. The highest BCUT2D eigenvalue weighted by molar-refractivity contribution is 6.31. The summed E-state index contributed by atoms with van der Waals surface area (Å²) in [4.78, 5) is 12.7. The van der Waals surface area contributed by atoms with Crippen LogP contribution in [0.4, 0.5) is 5.69 Å². The van der Waals surface area contributed by atoms with Crippen LogP contribution in [0.1, 0.15) is 39.2 Å². The molecule has 22 heavy (non-hydrogen) atoms. The lowest BCUT2D eigenvalue weighted by molar-refractivity contribution is -0.384. The Morgan fingerprint density at radius 1 is 1.36 bits per heavy atom. The normalized spacial score (nSPS) is 12.6. The summed E-state index contributed by atoms with van der Waals surface area (Å²) in [5, 5.41) is 14.5. The van der Waals surface area contributed by atoms with E-state index in [1.54, 1.807) is 6.07 Å². The van der Waals surface area contributed by atoms with E-state index in [2.05, 4.69) is 31.0 Å². The Labute approximate surface area is 137 Å². The van der Waals surface area contributed by atoms with Crippen molar-refractivity contribution in [1.29, 1.82) is 0 Å². The summed E-state index contributed by atoms with van der Waals surface area (Å²) < 4.78 is 0. The zero-order valence-electron chi connectivity index (χ0n) is 13.6. The second-order valence-corrected chi connectivity index (χ2v) is 5.89. The van der Waals surface area contributed by atoms with Crippen LogP contribution in [-0.4, -0.2) is 35.5 Å². The third-order valence-corrected chi connectivity index (χ3v) is 4.25. The quantitative estimate of drug-likeness (QED) is 0.524. The lowest BCUT2D eigenvalue weighted by Crippen LogP contribution is -2.28.